The van der Waals surface area contributed by atoms with Crippen LogP contribution in [0.1, 0.15) is 16.7 Å². The third-order valence-electron chi connectivity index (χ3n) is 3.66. The average molecular weight is 305 g/mol. The topological polar surface area (TPSA) is 46.9 Å². The molecule has 0 atom stereocenters. The van der Waals surface area contributed by atoms with Crippen LogP contribution in [0.4, 0.5) is 5.95 Å². The molecule has 0 unspecified atom stereocenters. The van der Waals surface area contributed by atoms with Gasteiger partial charge in [0.05, 0.1) is 6.54 Å². The summed E-state index contributed by atoms with van der Waals surface area (Å²) in [5, 5.41) is 3.27. The van der Waals surface area contributed by atoms with Crippen molar-refractivity contribution >= 4 is 5.95 Å². The highest BCUT2D eigenvalue weighted by Gasteiger charge is 2.06. The molecule has 1 heterocycles. The smallest absolute Gasteiger partial charge is 0.277 e. The van der Waals surface area contributed by atoms with Gasteiger partial charge in [0.25, 0.3) is 5.56 Å². The second-order valence-corrected chi connectivity index (χ2v) is 5.51. The molecule has 0 fully saturated rings. The zero-order valence-electron chi connectivity index (χ0n) is 13.1. The molecule has 0 amide bonds. The van der Waals surface area contributed by atoms with Crippen molar-refractivity contribution in [1.82, 2.24) is 9.55 Å². The van der Waals surface area contributed by atoms with Crippen molar-refractivity contribution in [2.75, 3.05) is 5.32 Å². The summed E-state index contributed by atoms with van der Waals surface area (Å²) in [5.74, 6) is 0.591. The summed E-state index contributed by atoms with van der Waals surface area (Å²) in [6.07, 6.45) is 1.86. The predicted molar refractivity (Wildman–Crippen MR) is 92.5 cm³/mol. The molecule has 0 aliphatic carbocycles. The van der Waals surface area contributed by atoms with Crippen molar-refractivity contribution in [3.63, 3.8) is 0 Å². The molecule has 4 heteroatoms. The lowest BCUT2D eigenvalue weighted by atomic mass is 10.2. The van der Waals surface area contributed by atoms with Crippen LogP contribution in [0.25, 0.3) is 0 Å². The summed E-state index contributed by atoms with van der Waals surface area (Å²) in [5.41, 5.74) is 2.77. The van der Waals surface area contributed by atoms with E-state index >= 15 is 0 Å². The van der Waals surface area contributed by atoms with Crippen molar-refractivity contribution in [2.45, 2.75) is 20.0 Å². The fourth-order valence-electron chi connectivity index (χ4n) is 2.42. The molecule has 0 spiro atoms. The Balaban J connectivity index is 1.86. The van der Waals surface area contributed by atoms with Crippen LogP contribution in [0.2, 0.25) is 0 Å². The van der Waals surface area contributed by atoms with Gasteiger partial charge >= 0.3 is 0 Å². The van der Waals surface area contributed by atoms with Gasteiger partial charge in [0.15, 0.2) is 0 Å². The van der Waals surface area contributed by atoms with Gasteiger partial charge in [-0.1, -0.05) is 60.7 Å². The highest BCUT2D eigenvalue weighted by atomic mass is 16.1. The Morgan fingerprint density at radius 2 is 1.57 bits per heavy atom. The average Bonchev–Trinajstić information content (AvgIpc) is 2.58. The molecule has 116 valence electrons. The van der Waals surface area contributed by atoms with Crippen molar-refractivity contribution in [1.29, 1.82) is 0 Å². The Labute approximate surface area is 135 Å². The van der Waals surface area contributed by atoms with Crippen LogP contribution in [0.3, 0.4) is 0 Å². The monoisotopic (exact) mass is 305 g/mol. The third kappa shape index (κ3) is 3.86. The van der Waals surface area contributed by atoms with E-state index in [4.69, 9.17) is 0 Å². The summed E-state index contributed by atoms with van der Waals surface area (Å²) >= 11 is 0. The maximum absolute atomic E-state index is 11.9. The van der Waals surface area contributed by atoms with Crippen LogP contribution < -0.4 is 10.9 Å². The molecule has 3 rings (SSSR count). The van der Waals surface area contributed by atoms with Gasteiger partial charge < -0.3 is 9.88 Å². The minimum atomic E-state index is -0.190. The van der Waals surface area contributed by atoms with Gasteiger partial charge in [-0.05, 0) is 18.1 Å². The van der Waals surface area contributed by atoms with E-state index in [0.717, 1.165) is 5.56 Å². The quantitative estimate of drug-likeness (QED) is 0.787. The van der Waals surface area contributed by atoms with Crippen molar-refractivity contribution < 1.29 is 0 Å². The third-order valence-corrected chi connectivity index (χ3v) is 3.66. The molecular formula is C19H19N3O. The second-order valence-electron chi connectivity index (χ2n) is 5.51. The number of hydrogen-bond donors (Lipinski definition) is 1. The molecule has 3 aromatic rings. The number of hydrogen-bond acceptors (Lipinski definition) is 3. The molecule has 0 aliphatic heterocycles. The van der Waals surface area contributed by atoms with Gasteiger partial charge in [0.2, 0.25) is 5.95 Å². The van der Waals surface area contributed by atoms with Crippen molar-refractivity contribution in [2.24, 2.45) is 0 Å². The first-order valence-corrected chi connectivity index (χ1v) is 7.62. The van der Waals surface area contributed by atoms with E-state index in [1.807, 2.05) is 59.3 Å². The SMILES string of the molecule is Cc1cn(Cc2ccccc2)c(NCc2ccccc2)nc1=O. The molecule has 0 radical (unpaired) electrons. The van der Waals surface area contributed by atoms with Crippen molar-refractivity contribution in [3.8, 4) is 0 Å². The van der Waals surface area contributed by atoms with Gasteiger partial charge in [-0.25, -0.2) is 0 Å². The van der Waals surface area contributed by atoms with E-state index in [0.29, 0.717) is 24.6 Å². The van der Waals surface area contributed by atoms with Crippen LogP contribution in [0.5, 0.6) is 0 Å². The van der Waals surface area contributed by atoms with E-state index in [2.05, 4.69) is 22.4 Å². The molecular weight excluding hydrogens is 286 g/mol. The Bertz CT molecular complexity index is 826. The van der Waals surface area contributed by atoms with E-state index in [9.17, 15) is 4.79 Å². The molecule has 1 aromatic heterocycles. The zero-order valence-corrected chi connectivity index (χ0v) is 13.1. The number of benzene rings is 2. The molecule has 4 nitrogen and oxygen atoms in total. The summed E-state index contributed by atoms with van der Waals surface area (Å²) in [7, 11) is 0. The predicted octanol–water partition coefficient (Wildman–Crippen LogP) is 3.21. The minimum Gasteiger partial charge on any atom is -0.351 e. The molecule has 23 heavy (non-hydrogen) atoms. The largest absolute Gasteiger partial charge is 0.351 e. The highest BCUT2D eigenvalue weighted by Crippen LogP contribution is 2.10. The fourth-order valence-corrected chi connectivity index (χ4v) is 2.42. The van der Waals surface area contributed by atoms with Gasteiger partial charge in [-0.2, -0.15) is 4.98 Å². The first kappa shape index (κ1) is 15.0. The highest BCUT2D eigenvalue weighted by molar-refractivity contribution is 5.31. The Morgan fingerprint density at radius 1 is 0.957 bits per heavy atom. The van der Waals surface area contributed by atoms with Gasteiger partial charge in [-0.3, -0.25) is 4.79 Å². The minimum absolute atomic E-state index is 0.190. The second kappa shape index (κ2) is 6.92. The van der Waals surface area contributed by atoms with Gasteiger partial charge in [0, 0.05) is 18.3 Å². The molecule has 2 aromatic carbocycles. The Hall–Kier alpha value is -2.88. The maximum Gasteiger partial charge on any atom is 0.277 e. The molecule has 0 bridgehead atoms. The van der Waals surface area contributed by atoms with Crippen LogP contribution in [-0.2, 0) is 13.1 Å². The number of aryl methyl sites for hydroxylation is 1. The van der Waals surface area contributed by atoms with E-state index < -0.39 is 0 Å². The summed E-state index contributed by atoms with van der Waals surface area (Å²) < 4.78 is 1.98. The Morgan fingerprint density at radius 3 is 2.22 bits per heavy atom. The van der Waals surface area contributed by atoms with Crippen LogP contribution in [0, 0.1) is 6.92 Å². The lowest BCUT2D eigenvalue weighted by Gasteiger charge is -2.15. The Kier molecular flexibility index (Phi) is 4.52. The molecule has 1 N–H and O–H groups in total. The summed E-state index contributed by atoms with van der Waals surface area (Å²) in [4.78, 5) is 16.1. The standard InChI is InChI=1S/C19H19N3O/c1-15-13-22(14-17-10-6-3-7-11-17)19(21-18(15)23)20-12-16-8-4-2-5-9-16/h2-11,13H,12,14H2,1H3,(H,20,21,23). The molecule has 0 saturated heterocycles. The van der Waals surface area contributed by atoms with Gasteiger partial charge in [-0.15, -0.1) is 0 Å². The number of rotatable bonds is 5. The number of nitrogens with one attached hydrogen (secondary N) is 1. The fraction of sp³-hybridized carbons (Fsp3) is 0.158. The maximum atomic E-state index is 11.9. The summed E-state index contributed by atoms with van der Waals surface area (Å²) in [6.45, 7) is 3.09. The van der Waals surface area contributed by atoms with Gasteiger partial charge in [0.1, 0.15) is 0 Å². The first-order valence-electron chi connectivity index (χ1n) is 7.62. The van der Waals surface area contributed by atoms with Crippen LogP contribution >= 0.6 is 0 Å². The van der Waals surface area contributed by atoms with E-state index in [-0.39, 0.29) is 5.56 Å². The molecule has 0 aliphatic rings. The van der Waals surface area contributed by atoms with E-state index in [1.165, 1.54) is 5.56 Å². The lowest BCUT2D eigenvalue weighted by Crippen LogP contribution is -2.20. The zero-order chi connectivity index (χ0) is 16.1. The first-order chi connectivity index (χ1) is 11.2. The van der Waals surface area contributed by atoms with Crippen LogP contribution in [-0.4, -0.2) is 9.55 Å². The van der Waals surface area contributed by atoms with Crippen LogP contribution in [0.15, 0.2) is 71.7 Å². The lowest BCUT2D eigenvalue weighted by molar-refractivity contribution is 0.755. The van der Waals surface area contributed by atoms with Crippen molar-refractivity contribution in [3.05, 3.63) is 93.9 Å². The van der Waals surface area contributed by atoms with E-state index in [1.54, 1.807) is 6.92 Å². The molecule has 0 saturated carbocycles. The number of anilines is 1. The number of nitrogens with zero attached hydrogens (tertiary/aromatic N) is 2. The summed E-state index contributed by atoms with van der Waals surface area (Å²) in [6, 6.07) is 20.2. The number of aromatic nitrogens is 2. The normalized spacial score (nSPS) is 10.5.